The summed E-state index contributed by atoms with van der Waals surface area (Å²) in [5, 5.41) is 6.83. The highest BCUT2D eigenvalue weighted by molar-refractivity contribution is 5.80. The van der Waals surface area contributed by atoms with E-state index >= 15 is 0 Å². The Hall–Kier alpha value is -0.780. The lowest BCUT2D eigenvalue weighted by Gasteiger charge is -2.18. The predicted molar refractivity (Wildman–Crippen MR) is 56.4 cm³/mol. The van der Waals surface area contributed by atoms with Crippen molar-refractivity contribution in [2.45, 2.75) is 32.9 Å². The van der Waals surface area contributed by atoms with Crippen LogP contribution in [0.5, 0.6) is 0 Å². The van der Waals surface area contributed by atoms with Crippen LogP contribution in [-0.2, 0) is 4.74 Å². The maximum atomic E-state index is 12.3. The number of hydrogen-bond acceptors (Lipinski definition) is 2. The number of nitrogens with one attached hydrogen (secondary N) is 1. The molecule has 0 aliphatic heterocycles. The molecule has 0 spiro atoms. The van der Waals surface area contributed by atoms with Gasteiger partial charge in [-0.15, -0.1) is 0 Å². The van der Waals surface area contributed by atoms with Gasteiger partial charge in [-0.2, -0.15) is 13.2 Å². The summed E-state index contributed by atoms with van der Waals surface area (Å²) in [5.74, 6) is -2.36. The van der Waals surface area contributed by atoms with Crippen molar-refractivity contribution >= 4 is 5.84 Å². The SMILES string of the molecule is CC(C)CCCOCC(C(=N)N)C(F)(F)F. The minimum absolute atomic E-state index is 0.276. The highest BCUT2D eigenvalue weighted by Gasteiger charge is 2.41. The van der Waals surface area contributed by atoms with Gasteiger partial charge in [0, 0.05) is 6.61 Å². The number of alkyl halides is 3. The molecule has 16 heavy (non-hydrogen) atoms. The van der Waals surface area contributed by atoms with E-state index in [1.54, 1.807) is 0 Å². The van der Waals surface area contributed by atoms with Crippen LogP contribution in [-0.4, -0.2) is 25.2 Å². The Balaban J connectivity index is 3.83. The fourth-order valence-corrected chi connectivity index (χ4v) is 1.16. The number of hydrogen-bond donors (Lipinski definition) is 2. The van der Waals surface area contributed by atoms with E-state index in [1.807, 2.05) is 13.8 Å². The van der Waals surface area contributed by atoms with E-state index in [4.69, 9.17) is 15.9 Å². The summed E-state index contributed by atoms with van der Waals surface area (Å²) in [6.45, 7) is 3.79. The van der Waals surface area contributed by atoms with Crippen LogP contribution >= 0.6 is 0 Å². The monoisotopic (exact) mass is 240 g/mol. The fourth-order valence-electron chi connectivity index (χ4n) is 1.16. The summed E-state index contributed by atoms with van der Waals surface area (Å²) in [4.78, 5) is 0. The molecule has 1 atom stereocenters. The van der Waals surface area contributed by atoms with Gasteiger partial charge in [-0.25, -0.2) is 0 Å². The van der Waals surface area contributed by atoms with Crippen molar-refractivity contribution in [1.29, 1.82) is 5.41 Å². The zero-order valence-corrected chi connectivity index (χ0v) is 9.60. The van der Waals surface area contributed by atoms with Crippen molar-refractivity contribution in [3.8, 4) is 0 Å². The average molecular weight is 240 g/mol. The first kappa shape index (κ1) is 15.2. The van der Waals surface area contributed by atoms with E-state index in [0.29, 0.717) is 5.92 Å². The second kappa shape index (κ2) is 6.73. The van der Waals surface area contributed by atoms with Gasteiger partial charge in [-0.05, 0) is 18.8 Å². The van der Waals surface area contributed by atoms with Crippen molar-refractivity contribution < 1.29 is 17.9 Å². The van der Waals surface area contributed by atoms with E-state index in [9.17, 15) is 13.2 Å². The molecule has 0 saturated heterocycles. The molecule has 0 rings (SSSR count). The van der Waals surface area contributed by atoms with Gasteiger partial charge in [-0.1, -0.05) is 13.8 Å². The van der Waals surface area contributed by atoms with E-state index in [2.05, 4.69) is 0 Å². The van der Waals surface area contributed by atoms with Gasteiger partial charge in [-0.3, -0.25) is 5.41 Å². The predicted octanol–water partition coefficient (Wildman–Crippen LogP) is 2.55. The molecule has 0 fully saturated rings. The van der Waals surface area contributed by atoms with Crippen LogP contribution < -0.4 is 5.73 Å². The minimum Gasteiger partial charge on any atom is -0.387 e. The molecule has 3 nitrogen and oxygen atoms in total. The van der Waals surface area contributed by atoms with Crippen molar-refractivity contribution in [3.05, 3.63) is 0 Å². The van der Waals surface area contributed by atoms with Gasteiger partial charge in [0.2, 0.25) is 0 Å². The molecule has 0 aliphatic carbocycles. The molecule has 0 aromatic heterocycles. The maximum absolute atomic E-state index is 12.3. The maximum Gasteiger partial charge on any atom is 0.400 e. The van der Waals surface area contributed by atoms with Gasteiger partial charge in [0.05, 0.1) is 6.61 Å². The molecule has 0 aliphatic rings. The summed E-state index contributed by atoms with van der Waals surface area (Å²) in [6.07, 6.45) is -2.86. The molecular formula is C10H19F3N2O. The lowest BCUT2D eigenvalue weighted by Crippen LogP contribution is -2.38. The quantitative estimate of drug-likeness (QED) is 0.408. The van der Waals surface area contributed by atoms with Crippen LogP contribution in [0.15, 0.2) is 0 Å². The van der Waals surface area contributed by atoms with Crippen LogP contribution in [0.25, 0.3) is 0 Å². The zero-order valence-electron chi connectivity index (χ0n) is 9.60. The molecular weight excluding hydrogens is 221 g/mol. The van der Waals surface area contributed by atoms with E-state index in [-0.39, 0.29) is 6.61 Å². The van der Waals surface area contributed by atoms with Crippen molar-refractivity contribution in [1.82, 2.24) is 0 Å². The molecule has 0 saturated carbocycles. The standard InChI is InChI=1S/C10H19F3N2O/c1-7(2)4-3-5-16-6-8(9(14)15)10(11,12)13/h7-8H,3-6H2,1-2H3,(H3,14,15). The van der Waals surface area contributed by atoms with Crippen molar-refractivity contribution in [2.75, 3.05) is 13.2 Å². The summed E-state index contributed by atoms with van der Waals surface area (Å²) in [6, 6.07) is 0. The summed E-state index contributed by atoms with van der Waals surface area (Å²) >= 11 is 0. The first-order valence-corrected chi connectivity index (χ1v) is 5.23. The first-order chi connectivity index (χ1) is 7.25. The summed E-state index contributed by atoms with van der Waals surface area (Å²) in [7, 11) is 0. The Morgan fingerprint density at radius 1 is 1.38 bits per heavy atom. The Morgan fingerprint density at radius 2 is 1.94 bits per heavy atom. The van der Waals surface area contributed by atoms with Gasteiger partial charge in [0.1, 0.15) is 11.8 Å². The zero-order chi connectivity index (χ0) is 12.8. The van der Waals surface area contributed by atoms with Gasteiger partial charge in [0.15, 0.2) is 0 Å². The minimum atomic E-state index is -4.50. The Morgan fingerprint density at radius 3 is 2.31 bits per heavy atom. The van der Waals surface area contributed by atoms with E-state index in [0.717, 1.165) is 12.8 Å². The highest BCUT2D eigenvalue weighted by atomic mass is 19.4. The summed E-state index contributed by atoms with van der Waals surface area (Å²) in [5.41, 5.74) is 4.87. The fraction of sp³-hybridized carbons (Fsp3) is 0.900. The molecule has 3 N–H and O–H groups in total. The Kier molecular flexibility index (Phi) is 6.40. The van der Waals surface area contributed by atoms with Crippen LogP contribution in [0, 0.1) is 17.2 Å². The third kappa shape index (κ3) is 6.66. The lowest BCUT2D eigenvalue weighted by molar-refractivity contribution is -0.168. The smallest absolute Gasteiger partial charge is 0.387 e. The summed E-state index contributed by atoms with van der Waals surface area (Å²) < 4.78 is 41.8. The molecule has 1 unspecified atom stereocenters. The largest absolute Gasteiger partial charge is 0.400 e. The molecule has 0 radical (unpaired) electrons. The second-order valence-corrected chi connectivity index (χ2v) is 4.16. The second-order valence-electron chi connectivity index (χ2n) is 4.16. The molecule has 0 bridgehead atoms. The normalized spacial score (nSPS) is 14.1. The number of amidine groups is 1. The lowest BCUT2D eigenvalue weighted by atomic mass is 10.1. The van der Waals surface area contributed by atoms with Gasteiger partial charge < -0.3 is 10.5 Å². The van der Waals surface area contributed by atoms with Gasteiger partial charge >= 0.3 is 6.18 Å². The third-order valence-corrected chi connectivity index (χ3v) is 2.13. The van der Waals surface area contributed by atoms with Crippen LogP contribution in [0.4, 0.5) is 13.2 Å². The molecule has 0 heterocycles. The average Bonchev–Trinajstić information content (AvgIpc) is 2.07. The highest BCUT2D eigenvalue weighted by Crippen LogP contribution is 2.26. The van der Waals surface area contributed by atoms with E-state index in [1.165, 1.54) is 0 Å². The third-order valence-electron chi connectivity index (χ3n) is 2.13. The van der Waals surface area contributed by atoms with Crippen LogP contribution in [0.2, 0.25) is 0 Å². The number of ether oxygens (including phenoxy) is 1. The topological polar surface area (TPSA) is 59.1 Å². The van der Waals surface area contributed by atoms with Crippen LogP contribution in [0.3, 0.4) is 0 Å². The van der Waals surface area contributed by atoms with Crippen molar-refractivity contribution in [2.24, 2.45) is 17.6 Å². The number of nitrogens with two attached hydrogens (primary N) is 1. The molecule has 0 aromatic carbocycles. The van der Waals surface area contributed by atoms with Crippen LogP contribution in [0.1, 0.15) is 26.7 Å². The van der Waals surface area contributed by atoms with E-state index < -0.39 is 24.5 Å². The Labute approximate surface area is 93.7 Å². The van der Waals surface area contributed by atoms with Gasteiger partial charge in [0.25, 0.3) is 0 Å². The molecule has 6 heteroatoms. The molecule has 0 aromatic rings. The molecule has 96 valence electrons. The number of halogens is 3. The molecule has 0 amide bonds. The Bertz CT molecular complexity index is 217. The number of rotatable bonds is 7. The van der Waals surface area contributed by atoms with Crippen molar-refractivity contribution in [3.63, 3.8) is 0 Å². The first-order valence-electron chi connectivity index (χ1n) is 5.23.